The predicted octanol–water partition coefficient (Wildman–Crippen LogP) is 1.56. The van der Waals surface area contributed by atoms with Gasteiger partial charge in [0.05, 0.1) is 19.9 Å². The van der Waals surface area contributed by atoms with Crippen molar-refractivity contribution >= 4 is 11.6 Å². The number of nitrogens with one attached hydrogen (secondary N) is 1. The molecule has 0 radical (unpaired) electrons. The summed E-state index contributed by atoms with van der Waals surface area (Å²) in [7, 11) is 3.22. The summed E-state index contributed by atoms with van der Waals surface area (Å²) < 4.78 is 10.5. The highest BCUT2D eigenvalue weighted by Gasteiger charge is 2.23. The lowest BCUT2D eigenvalue weighted by Crippen LogP contribution is -2.33. The van der Waals surface area contributed by atoms with Crippen molar-refractivity contribution in [2.75, 3.05) is 14.2 Å². The van der Waals surface area contributed by atoms with E-state index in [1.165, 1.54) is 0 Å². The van der Waals surface area contributed by atoms with Gasteiger partial charge >= 0.3 is 0 Å². The fraction of sp³-hybridized carbons (Fsp3) is 0.385. The molecule has 1 aromatic rings. The number of hydrazone groups is 1. The van der Waals surface area contributed by atoms with E-state index in [0.29, 0.717) is 6.42 Å². The molecule has 2 rings (SSSR count). The van der Waals surface area contributed by atoms with E-state index < -0.39 is 0 Å². The first-order valence-corrected chi connectivity index (χ1v) is 5.74. The number of methoxy groups -OCH3 is 2. The molecule has 1 aliphatic rings. The van der Waals surface area contributed by atoms with Crippen molar-refractivity contribution in [1.82, 2.24) is 5.43 Å². The molecule has 1 N–H and O–H groups in total. The molecule has 18 heavy (non-hydrogen) atoms. The van der Waals surface area contributed by atoms with E-state index in [2.05, 4.69) is 10.5 Å². The van der Waals surface area contributed by atoms with Crippen molar-refractivity contribution in [3.05, 3.63) is 23.8 Å². The van der Waals surface area contributed by atoms with Crippen LogP contribution in [0.2, 0.25) is 0 Å². The number of nitrogens with zero attached hydrogens (tertiary/aromatic N) is 1. The molecule has 1 amide bonds. The van der Waals surface area contributed by atoms with Crippen LogP contribution in [0.25, 0.3) is 0 Å². The van der Waals surface area contributed by atoms with Gasteiger partial charge in [-0.15, -0.1) is 0 Å². The molecule has 1 atom stereocenters. The third kappa shape index (κ3) is 2.30. The van der Waals surface area contributed by atoms with E-state index in [0.717, 1.165) is 22.8 Å². The molecular formula is C13H16N2O3. The molecule has 1 aromatic carbocycles. The van der Waals surface area contributed by atoms with Crippen LogP contribution >= 0.6 is 0 Å². The van der Waals surface area contributed by atoms with Crippen LogP contribution in [0.3, 0.4) is 0 Å². The standard InChI is InChI=1S/C13H16N2O3/c1-8-6-11(14-15-13(8)16)10-7-9(17-2)4-5-12(10)18-3/h4-5,7-8H,6H2,1-3H3,(H,15,16). The van der Waals surface area contributed by atoms with Crippen LogP contribution in [0, 0.1) is 5.92 Å². The molecule has 1 aliphatic heterocycles. The van der Waals surface area contributed by atoms with Gasteiger partial charge in [0.15, 0.2) is 0 Å². The summed E-state index contributed by atoms with van der Waals surface area (Å²) >= 11 is 0. The third-order valence-corrected chi connectivity index (χ3v) is 2.97. The Morgan fingerprint density at radius 3 is 2.72 bits per heavy atom. The number of amides is 1. The molecule has 5 heteroatoms. The molecule has 0 aromatic heterocycles. The van der Waals surface area contributed by atoms with Crippen LogP contribution < -0.4 is 14.9 Å². The highest BCUT2D eigenvalue weighted by Crippen LogP contribution is 2.27. The fourth-order valence-electron chi connectivity index (χ4n) is 1.87. The summed E-state index contributed by atoms with van der Waals surface area (Å²) in [5.74, 6) is 1.31. The maximum absolute atomic E-state index is 11.4. The van der Waals surface area contributed by atoms with E-state index in [4.69, 9.17) is 9.47 Å². The summed E-state index contributed by atoms with van der Waals surface area (Å²) in [5, 5.41) is 4.10. The molecule has 0 bridgehead atoms. The molecule has 1 heterocycles. The molecule has 0 fully saturated rings. The zero-order valence-corrected chi connectivity index (χ0v) is 10.7. The van der Waals surface area contributed by atoms with Gasteiger partial charge in [0.2, 0.25) is 5.91 Å². The van der Waals surface area contributed by atoms with Gasteiger partial charge in [-0.3, -0.25) is 4.79 Å². The SMILES string of the molecule is COc1ccc(OC)c(C2=NNC(=O)C(C)C2)c1. The smallest absolute Gasteiger partial charge is 0.243 e. The Morgan fingerprint density at radius 2 is 2.11 bits per heavy atom. The van der Waals surface area contributed by atoms with Gasteiger partial charge in [0.1, 0.15) is 11.5 Å². The zero-order valence-electron chi connectivity index (χ0n) is 10.7. The number of hydrogen-bond acceptors (Lipinski definition) is 4. The summed E-state index contributed by atoms with van der Waals surface area (Å²) in [5.41, 5.74) is 4.18. The number of rotatable bonds is 3. The Kier molecular flexibility index (Phi) is 3.50. The highest BCUT2D eigenvalue weighted by molar-refractivity contribution is 6.06. The van der Waals surface area contributed by atoms with Crippen molar-refractivity contribution in [1.29, 1.82) is 0 Å². The summed E-state index contributed by atoms with van der Waals surface area (Å²) in [6, 6.07) is 5.52. The van der Waals surface area contributed by atoms with E-state index >= 15 is 0 Å². The largest absolute Gasteiger partial charge is 0.497 e. The Labute approximate surface area is 106 Å². The second kappa shape index (κ2) is 5.08. The first kappa shape index (κ1) is 12.4. The van der Waals surface area contributed by atoms with Gasteiger partial charge in [-0.25, -0.2) is 5.43 Å². The van der Waals surface area contributed by atoms with E-state index in [1.54, 1.807) is 14.2 Å². The molecule has 96 valence electrons. The van der Waals surface area contributed by atoms with Crippen molar-refractivity contribution in [2.45, 2.75) is 13.3 Å². The van der Waals surface area contributed by atoms with Gasteiger partial charge in [-0.1, -0.05) is 6.92 Å². The number of ether oxygens (including phenoxy) is 2. The topological polar surface area (TPSA) is 59.9 Å². The third-order valence-electron chi connectivity index (χ3n) is 2.97. The highest BCUT2D eigenvalue weighted by atomic mass is 16.5. The van der Waals surface area contributed by atoms with Crippen molar-refractivity contribution in [3.8, 4) is 11.5 Å². The Morgan fingerprint density at radius 1 is 1.33 bits per heavy atom. The summed E-state index contributed by atoms with van der Waals surface area (Å²) in [6.07, 6.45) is 0.593. The number of carbonyl (C=O) groups is 1. The van der Waals surface area contributed by atoms with Crippen LogP contribution in [0.4, 0.5) is 0 Å². The first-order chi connectivity index (χ1) is 8.65. The molecule has 0 saturated heterocycles. The van der Waals surface area contributed by atoms with Crippen molar-refractivity contribution < 1.29 is 14.3 Å². The quantitative estimate of drug-likeness (QED) is 0.883. The fourth-order valence-corrected chi connectivity index (χ4v) is 1.87. The molecule has 0 spiro atoms. The Bertz CT molecular complexity index is 497. The van der Waals surface area contributed by atoms with Gasteiger partial charge in [-0.2, -0.15) is 5.10 Å². The molecular weight excluding hydrogens is 232 g/mol. The second-order valence-electron chi connectivity index (χ2n) is 4.21. The second-order valence-corrected chi connectivity index (χ2v) is 4.21. The lowest BCUT2D eigenvalue weighted by atomic mass is 9.96. The average Bonchev–Trinajstić information content (AvgIpc) is 2.41. The lowest BCUT2D eigenvalue weighted by Gasteiger charge is -2.19. The molecule has 5 nitrogen and oxygen atoms in total. The average molecular weight is 248 g/mol. The monoisotopic (exact) mass is 248 g/mol. The molecule has 0 aliphatic carbocycles. The number of carbonyl (C=O) groups excluding carboxylic acids is 1. The van der Waals surface area contributed by atoms with Crippen molar-refractivity contribution in [3.63, 3.8) is 0 Å². The maximum Gasteiger partial charge on any atom is 0.243 e. The van der Waals surface area contributed by atoms with Crippen LogP contribution in [0.15, 0.2) is 23.3 Å². The van der Waals surface area contributed by atoms with Crippen LogP contribution in [0.1, 0.15) is 18.9 Å². The maximum atomic E-state index is 11.4. The van der Waals surface area contributed by atoms with Crippen molar-refractivity contribution in [2.24, 2.45) is 11.0 Å². The Hall–Kier alpha value is -2.04. The molecule has 1 unspecified atom stereocenters. The van der Waals surface area contributed by atoms with Gasteiger partial charge < -0.3 is 9.47 Å². The minimum absolute atomic E-state index is 0.0550. The number of benzene rings is 1. The van der Waals surface area contributed by atoms with E-state index in [-0.39, 0.29) is 11.8 Å². The van der Waals surface area contributed by atoms with Gasteiger partial charge in [-0.05, 0) is 18.2 Å². The minimum atomic E-state index is -0.0894. The van der Waals surface area contributed by atoms with Gasteiger partial charge in [0.25, 0.3) is 0 Å². The van der Waals surface area contributed by atoms with E-state index in [1.807, 2.05) is 25.1 Å². The van der Waals surface area contributed by atoms with E-state index in [9.17, 15) is 4.79 Å². The summed E-state index contributed by atoms with van der Waals surface area (Å²) in [6.45, 7) is 1.87. The first-order valence-electron chi connectivity index (χ1n) is 5.74. The normalized spacial score (nSPS) is 18.9. The minimum Gasteiger partial charge on any atom is -0.497 e. The van der Waals surface area contributed by atoms with Crippen LogP contribution in [-0.2, 0) is 4.79 Å². The summed E-state index contributed by atoms with van der Waals surface area (Å²) in [4.78, 5) is 11.4. The molecule has 0 saturated carbocycles. The Balaban J connectivity index is 2.40. The number of hydrogen-bond donors (Lipinski definition) is 1. The van der Waals surface area contributed by atoms with Crippen LogP contribution in [-0.4, -0.2) is 25.8 Å². The van der Waals surface area contributed by atoms with Gasteiger partial charge in [0, 0.05) is 17.9 Å². The zero-order chi connectivity index (χ0) is 13.1. The predicted molar refractivity (Wildman–Crippen MR) is 68.0 cm³/mol. The van der Waals surface area contributed by atoms with Crippen LogP contribution in [0.5, 0.6) is 11.5 Å². The lowest BCUT2D eigenvalue weighted by molar-refractivity contribution is -0.124.